The van der Waals surface area contributed by atoms with Gasteiger partial charge in [0.25, 0.3) is 0 Å². The Kier molecular flexibility index (Phi) is 22.3. The van der Waals surface area contributed by atoms with Gasteiger partial charge in [-0.05, 0) is 5.92 Å². The molecule has 0 aliphatic carbocycles. The molecule has 0 aromatic rings. The lowest BCUT2D eigenvalue weighted by atomic mass is 10.0. The highest BCUT2D eigenvalue weighted by Gasteiger charge is 1.95. The first-order valence-corrected chi connectivity index (χ1v) is 9.77. The molecule has 0 aliphatic rings. The van der Waals surface area contributed by atoms with Gasteiger partial charge in [-0.1, -0.05) is 124 Å². The molecular weight excluding hydrogens is 251 g/mol. The lowest BCUT2D eigenvalue weighted by Crippen LogP contribution is -1.87. The van der Waals surface area contributed by atoms with Gasteiger partial charge in [-0.2, -0.15) is 0 Å². The molecule has 0 heterocycles. The Morgan fingerprint density at radius 2 is 0.762 bits per heavy atom. The first-order chi connectivity index (χ1) is 9.77. The van der Waals surface area contributed by atoms with E-state index in [4.69, 9.17) is 0 Å². The van der Waals surface area contributed by atoms with Crippen molar-refractivity contribution in [2.24, 2.45) is 5.92 Å². The number of hydrogen-bond acceptors (Lipinski definition) is 0. The minimum atomic E-state index is 0. The van der Waals surface area contributed by atoms with E-state index in [2.05, 4.69) is 20.8 Å². The first kappa shape index (κ1) is 23.3. The highest BCUT2D eigenvalue weighted by molar-refractivity contribution is 5.75. The average Bonchev–Trinajstić information content (AvgIpc) is 2.43. The lowest BCUT2D eigenvalue weighted by molar-refractivity contribution is 0.502. The molecule has 0 fully saturated rings. The average molecular weight is 296 g/mol. The van der Waals surface area contributed by atoms with Crippen LogP contribution in [0.3, 0.4) is 0 Å². The van der Waals surface area contributed by atoms with Crippen molar-refractivity contribution >= 4 is 8.41 Å². The van der Waals surface area contributed by atoms with Crippen molar-refractivity contribution in [1.29, 1.82) is 0 Å². The van der Waals surface area contributed by atoms with E-state index in [-0.39, 0.29) is 8.41 Å². The second-order valence-corrected chi connectivity index (χ2v) is 7.13. The van der Waals surface area contributed by atoms with E-state index < -0.39 is 0 Å². The van der Waals surface area contributed by atoms with Crippen molar-refractivity contribution in [3.63, 3.8) is 0 Å². The van der Waals surface area contributed by atoms with E-state index >= 15 is 0 Å². The van der Waals surface area contributed by atoms with Crippen LogP contribution < -0.4 is 0 Å². The molecule has 0 saturated heterocycles. The lowest BCUT2D eigenvalue weighted by Gasteiger charge is -2.05. The van der Waals surface area contributed by atoms with E-state index in [9.17, 15) is 0 Å². The zero-order valence-corrected chi connectivity index (χ0v) is 14.9. The largest absolute Gasteiger partial charge is 0.0814 e. The van der Waals surface area contributed by atoms with E-state index in [1.807, 2.05) is 0 Å². The molecule has 0 aliphatic heterocycles. The summed E-state index contributed by atoms with van der Waals surface area (Å²) in [5.41, 5.74) is 0. The van der Waals surface area contributed by atoms with Gasteiger partial charge in [0, 0.05) is 0 Å². The highest BCUT2D eigenvalue weighted by atomic mass is 14.0. The quantitative estimate of drug-likeness (QED) is 0.219. The van der Waals surface area contributed by atoms with Crippen molar-refractivity contribution < 1.29 is 0 Å². The molecular formula is C20H45B. The van der Waals surface area contributed by atoms with E-state index in [1.54, 1.807) is 0 Å². The molecule has 0 unspecified atom stereocenters. The molecule has 0 aromatic carbocycles. The first-order valence-electron chi connectivity index (χ1n) is 9.77. The Bertz CT molecular complexity index is 165. The second-order valence-electron chi connectivity index (χ2n) is 7.13. The topological polar surface area (TPSA) is 0 Å². The van der Waals surface area contributed by atoms with Gasteiger partial charge in [-0.15, -0.1) is 0 Å². The zero-order chi connectivity index (χ0) is 14.9. The molecule has 0 nitrogen and oxygen atoms in total. The SMILES string of the molecule is B.CCCCCCCCCCCCCCCCCC(C)C. The Morgan fingerprint density at radius 3 is 1.05 bits per heavy atom. The summed E-state index contributed by atoms with van der Waals surface area (Å²) >= 11 is 0. The van der Waals surface area contributed by atoms with E-state index in [1.165, 1.54) is 103 Å². The van der Waals surface area contributed by atoms with Crippen molar-refractivity contribution in [1.82, 2.24) is 0 Å². The van der Waals surface area contributed by atoms with Crippen LogP contribution in [0.1, 0.15) is 124 Å². The summed E-state index contributed by atoms with van der Waals surface area (Å²) in [5, 5.41) is 0. The minimum Gasteiger partial charge on any atom is -0.0654 e. The van der Waals surface area contributed by atoms with Gasteiger partial charge >= 0.3 is 0 Å². The van der Waals surface area contributed by atoms with Gasteiger partial charge in [-0.25, -0.2) is 0 Å². The number of rotatable bonds is 16. The Labute approximate surface area is 138 Å². The van der Waals surface area contributed by atoms with Gasteiger partial charge in [0.1, 0.15) is 0 Å². The third-order valence-corrected chi connectivity index (χ3v) is 4.39. The third kappa shape index (κ3) is 22.5. The molecule has 0 N–H and O–H groups in total. The van der Waals surface area contributed by atoms with Crippen LogP contribution in [0.4, 0.5) is 0 Å². The van der Waals surface area contributed by atoms with Crippen molar-refractivity contribution in [2.75, 3.05) is 0 Å². The summed E-state index contributed by atoms with van der Waals surface area (Å²) in [6, 6.07) is 0. The maximum atomic E-state index is 2.34. The van der Waals surface area contributed by atoms with Gasteiger partial charge in [0.05, 0.1) is 8.41 Å². The van der Waals surface area contributed by atoms with Crippen LogP contribution in [0.25, 0.3) is 0 Å². The fraction of sp³-hybridized carbons (Fsp3) is 1.00. The number of hydrogen-bond donors (Lipinski definition) is 0. The van der Waals surface area contributed by atoms with E-state index in [0.717, 1.165) is 5.92 Å². The van der Waals surface area contributed by atoms with Gasteiger partial charge in [-0.3, -0.25) is 0 Å². The summed E-state index contributed by atoms with van der Waals surface area (Å²) in [6.07, 6.45) is 23.5. The highest BCUT2D eigenvalue weighted by Crippen LogP contribution is 2.14. The molecule has 0 saturated carbocycles. The monoisotopic (exact) mass is 296 g/mol. The maximum absolute atomic E-state index is 2.34. The molecule has 0 rings (SSSR count). The predicted octanol–water partition coefficient (Wildman–Crippen LogP) is 6.72. The number of unbranched alkanes of at least 4 members (excludes halogenated alkanes) is 14. The molecule has 0 spiro atoms. The van der Waals surface area contributed by atoms with Crippen LogP contribution in [-0.2, 0) is 0 Å². The minimum absolute atomic E-state index is 0. The summed E-state index contributed by atoms with van der Waals surface area (Å²) < 4.78 is 0. The molecule has 0 atom stereocenters. The fourth-order valence-electron chi connectivity index (χ4n) is 2.92. The zero-order valence-electron chi connectivity index (χ0n) is 14.9. The van der Waals surface area contributed by atoms with Crippen molar-refractivity contribution in [3.05, 3.63) is 0 Å². The smallest absolute Gasteiger partial charge is 0.0654 e. The maximum Gasteiger partial charge on any atom is 0.0814 e. The summed E-state index contributed by atoms with van der Waals surface area (Å²) in [7, 11) is 0. The van der Waals surface area contributed by atoms with Gasteiger partial charge in [0.15, 0.2) is 0 Å². The van der Waals surface area contributed by atoms with Crippen LogP contribution in [0, 0.1) is 5.92 Å². The Morgan fingerprint density at radius 1 is 0.476 bits per heavy atom. The van der Waals surface area contributed by atoms with E-state index in [0.29, 0.717) is 0 Å². The van der Waals surface area contributed by atoms with Crippen LogP contribution in [0.15, 0.2) is 0 Å². The van der Waals surface area contributed by atoms with Gasteiger partial charge < -0.3 is 0 Å². The normalized spacial score (nSPS) is 10.9. The Hall–Kier alpha value is 0.0649. The second kappa shape index (κ2) is 20.1. The standard InChI is InChI=1S/C20H42.BH3/c1-4-5-6-7-8-9-10-11-12-13-14-15-16-17-18-19-20(2)3;/h20H,4-19H2,1-3H3;1H3. The predicted molar refractivity (Wildman–Crippen MR) is 104 cm³/mol. The third-order valence-electron chi connectivity index (χ3n) is 4.39. The molecule has 1 heteroatoms. The van der Waals surface area contributed by atoms with Crippen LogP contribution >= 0.6 is 0 Å². The van der Waals surface area contributed by atoms with Crippen molar-refractivity contribution in [3.8, 4) is 0 Å². The summed E-state index contributed by atoms with van der Waals surface area (Å²) in [4.78, 5) is 0. The summed E-state index contributed by atoms with van der Waals surface area (Å²) in [6.45, 7) is 6.97. The molecule has 128 valence electrons. The Balaban J connectivity index is 0. The van der Waals surface area contributed by atoms with Crippen molar-refractivity contribution in [2.45, 2.75) is 124 Å². The molecule has 0 radical (unpaired) electrons. The van der Waals surface area contributed by atoms with Crippen LogP contribution in [-0.4, -0.2) is 8.41 Å². The fourth-order valence-corrected chi connectivity index (χ4v) is 2.92. The van der Waals surface area contributed by atoms with Gasteiger partial charge in [0.2, 0.25) is 0 Å². The molecule has 0 bridgehead atoms. The van der Waals surface area contributed by atoms with Crippen LogP contribution in [0.2, 0.25) is 0 Å². The molecule has 0 amide bonds. The summed E-state index contributed by atoms with van der Waals surface area (Å²) in [5.74, 6) is 0.900. The molecule has 21 heavy (non-hydrogen) atoms. The molecule has 0 aromatic heterocycles. The van der Waals surface area contributed by atoms with Crippen LogP contribution in [0.5, 0.6) is 0 Å².